The predicted molar refractivity (Wildman–Crippen MR) is 216 cm³/mol. The molecule has 0 atom stereocenters. The van der Waals surface area contributed by atoms with E-state index in [0.717, 1.165) is 11.2 Å². The highest BCUT2D eigenvalue weighted by Crippen LogP contribution is 2.60. The number of rotatable bonds is 4. The van der Waals surface area contributed by atoms with Gasteiger partial charge in [-0.3, -0.25) is 4.98 Å². The van der Waals surface area contributed by atoms with E-state index in [4.69, 9.17) is 4.98 Å². The summed E-state index contributed by atoms with van der Waals surface area (Å²) in [4.78, 5) is 5.04. The fraction of sp³-hybridized carbons (Fsp3) is 0.0200. The molecule has 8 aromatic carbocycles. The van der Waals surface area contributed by atoms with Gasteiger partial charge < -0.3 is 4.57 Å². The van der Waals surface area contributed by atoms with Crippen LogP contribution in [0, 0.1) is 0 Å². The van der Waals surface area contributed by atoms with Crippen molar-refractivity contribution in [1.82, 2.24) is 9.55 Å². The maximum atomic E-state index is 5.04. The van der Waals surface area contributed by atoms with Gasteiger partial charge in [0.15, 0.2) is 0 Å². The van der Waals surface area contributed by atoms with E-state index in [9.17, 15) is 0 Å². The lowest BCUT2D eigenvalue weighted by molar-refractivity contribution is 0.776. The summed E-state index contributed by atoms with van der Waals surface area (Å²) in [7, 11) is 0. The molecule has 1 aliphatic carbocycles. The maximum Gasteiger partial charge on any atom is 0.0784 e. The van der Waals surface area contributed by atoms with Gasteiger partial charge in [0.05, 0.1) is 22.0 Å². The number of aromatic nitrogens is 2. The van der Waals surface area contributed by atoms with Crippen LogP contribution in [0.25, 0.3) is 71.4 Å². The monoisotopic (exact) mass is 660 g/mol. The molecule has 0 spiro atoms. The second-order valence-corrected chi connectivity index (χ2v) is 13.9. The Balaban J connectivity index is 1.23. The van der Waals surface area contributed by atoms with Crippen LogP contribution in [0.1, 0.15) is 22.3 Å². The molecule has 52 heavy (non-hydrogen) atoms. The molecule has 1 aliphatic rings. The van der Waals surface area contributed by atoms with E-state index in [0.29, 0.717) is 0 Å². The second-order valence-electron chi connectivity index (χ2n) is 13.9. The van der Waals surface area contributed by atoms with Crippen LogP contribution >= 0.6 is 0 Å². The van der Waals surface area contributed by atoms with Crippen LogP contribution in [-0.2, 0) is 5.41 Å². The lowest BCUT2D eigenvalue weighted by atomic mass is 9.66. The smallest absolute Gasteiger partial charge is 0.0784 e. The van der Waals surface area contributed by atoms with E-state index in [1.165, 1.54) is 82.5 Å². The minimum Gasteiger partial charge on any atom is -0.309 e. The topological polar surface area (TPSA) is 17.8 Å². The fourth-order valence-electron chi connectivity index (χ4n) is 9.22. The van der Waals surface area contributed by atoms with Gasteiger partial charge in [-0.1, -0.05) is 152 Å². The first-order valence-corrected chi connectivity index (χ1v) is 18.0. The lowest BCUT2D eigenvalue weighted by Crippen LogP contribution is -2.29. The maximum absolute atomic E-state index is 5.04. The Bertz CT molecular complexity index is 2920. The van der Waals surface area contributed by atoms with E-state index in [2.05, 4.69) is 193 Å². The van der Waals surface area contributed by atoms with Crippen molar-refractivity contribution in [1.29, 1.82) is 0 Å². The quantitative estimate of drug-likeness (QED) is 0.172. The predicted octanol–water partition coefficient (Wildman–Crippen LogP) is 12.5. The van der Waals surface area contributed by atoms with Crippen molar-refractivity contribution in [3.8, 4) is 27.9 Å². The highest BCUT2D eigenvalue weighted by Gasteiger charge is 2.48. The zero-order valence-electron chi connectivity index (χ0n) is 28.4. The summed E-state index contributed by atoms with van der Waals surface area (Å²) in [5, 5.41) is 6.14. The first kappa shape index (κ1) is 29.0. The molecule has 0 bridgehead atoms. The molecule has 0 saturated heterocycles. The fourth-order valence-corrected chi connectivity index (χ4v) is 9.22. The van der Waals surface area contributed by atoms with Crippen molar-refractivity contribution in [3.05, 3.63) is 217 Å². The molecule has 10 aromatic rings. The van der Waals surface area contributed by atoms with Crippen LogP contribution in [0.15, 0.2) is 194 Å². The normalized spacial score (nSPS) is 13.2. The highest BCUT2D eigenvalue weighted by molar-refractivity contribution is 6.18. The summed E-state index contributed by atoms with van der Waals surface area (Å²) in [6.45, 7) is 0. The van der Waals surface area contributed by atoms with Crippen LogP contribution < -0.4 is 0 Å². The van der Waals surface area contributed by atoms with Gasteiger partial charge >= 0.3 is 0 Å². The van der Waals surface area contributed by atoms with E-state index < -0.39 is 5.41 Å². The Hall–Kier alpha value is -6.77. The van der Waals surface area contributed by atoms with Gasteiger partial charge in [0.25, 0.3) is 0 Å². The number of hydrogen-bond acceptors (Lipinski definition) is 1. The molecule has 11 rings (SSSR count). The molecule has 0 saturated carbocycles. The average molecular weight is 661 g/mol. The van der Waals surface area contributed by atoms with Gasteiger partial charge in [0.2, 0.25) is 0 Å². The molecule has 2 aromatic heterocycles. The molecule has 242 valence electrons. The number of benzene rings is 8. The first-order chi connectivity index (χ1) is 25.8. The average Bonchev–Trinajstić information content (AvgIpc) is 3.73. The van der Waals surface area contributed by atoms with Gasteiger partial charge in [0.1, 0.15) is 0 Å². The zero-order valence-corrected chi connectivity index (χ0v) is 28.4. The number of para-hydroxylation sites is 2. The van der Waals surface area contributed by atoms with Crippen molar-refractivity contribution in [2.45, 2.75) is 5.41 Å². The van der Waals surface area contributed by atoms with Gasteiger partial charge in [-0.15, -0.1) is 0 Å². The van der Waals surface area contributed by atoms with Crippen molar-refractivity contribution < 1.29 is 0 Å². The van der Waals surface area contributed by atoms with E-state index in [1.807, 2.05) is 6.20 Å². The minimum atomic E-state index is -0.570. The van der Waals surface area contributed by atoms with E-state index >= 15 is 0 Å². The summed E-state index contributed by atoms with van der Waals surface area (Å²) in [5.41, 5.74) is 14.1. The Kier molecular flexibility index (Phi) is 6.20. The highest BCUT2D eigenvalue weighted by atomic mass is 15.0. The van der Waals surface area contributed by atoms with Crippen LogP contribution in [0.2, 0.25) is 0 Å². The molecular weight excluding hydrogens is 629 g/mol. The molecule has 0 aliphatic heterocycles. The summed E-state index contributed by atoms with van der Waals surface area (Å²) in [6, 6.07) is 69.0. The number of nitrogens with zero attached hydrogens (tertiary/aromatic N) is 2. The first-order valence-electron chi connectivity index (χ1n) is 18.0. The van der Waals surface area contributed by atoms with Crippen molar-refractivity contribution in [2.75, 3.05) is 0 Å². The van der Waals surface area contributed by atoms with Crippen molar-refractivity contribution in [2.24, 2.45) is 0 Å². The molecule has 2 heteroatoms. The summed E-state index contributed by atoms with van der Waals surface area (Å²) >= 11 is 0. The molecule has 0 N–H and O–H groups in total. The van der Waals surface area contributed by atoms with E-state index in [-0.39, 0.29) is 0 Å². The van der Waals surface area contributed by atoms with Crippen LogP contribution in [-0.4, -0.2) is 9.55 Å². The molecule has 2 heterocycles. The summed E-state index contributed by atoms with van der Waals surface area (Å²) in [6.07, 6.45) is 1.93. The Labute approximate surface area is 301 Å². The van der Waals surface area contributed by atoms with Crippen LogP contribution in [0.3, 0.4) is 0 Å². The van der Waals surface area contributed by atoms with Gasteiger partial charge in [-0.2, -0.15) is 0 Å². The molecule has 0 amide bonds. The summed E-state index contributed by atoms with van der Waals surface area (Å²) in [5.74, 6) is 0. The Morgan fingerprint density at radius 1 is 0.423 bits per heavy atom. The third-order valence-electron chi connectivity index (χ3n) is 11.3. The third kappa shape index (κ3) is 3.92. The lowest BCUT2D eigenvalue weighted by Gasteiger charge is -2.35. The van der Waals surface area contributed by atoms with Crippen LogP contribution in [0.4, 0.5) is 0 Å². The summed E-state index contributed by atoms with van der Waals surface area (Å²) < 4.78 is 2.40. The van der Waals surface area contributed by atoms with Gasteiger partial charge in [-0.25, -0.2) is 0 Å². The second kappa shape index (κ2) is 11.1. The molecule has 0 unspecified atom stereocenters. The molecule has 2 nitrogen and oxygen atoms in total. The van der Waals surface area contributed by atoms with Gasteiger partial charge in [0, 0.05) is 33.4 Å². The third-order valence-corrected chi connectivity index (χ3v) is 11.3. The molecular formula is C50H32N2. The zero-order chi connectivity index (χ0) is 34.2. The number of pyridine rings is 1. The van der Waals surface area contributed by atoms with E-state index in [1.54, 1.807) is 0 Å². The number of fused-ring (bicyclic) bond motifs is 11. The molecule has 0 fully saturated rings. The van der Waals surface area contributed by atoms with Gasteiger partial charge in [-0.05, 0) is 86.3 Å². The number of hydrogen-bond donors (Lipinski definition) is 0. The Morgan fingerprint density at radius 2 is 1.00 bits per heavy atom. The van der Waals surface area contributed by atoms with Crippen LogP contribution in [0.5, 0.6) is 0 Å². The van der Waals surface area contributed by atoms with Crippen molar-refractivity contribution in [3.63, 3.8) is 0 Å². The van der Waals surface area contributed by atoms with Crippen molar-refractivity contribution >= 4 is 43.5 Å². The largest absolute Gasteiger partial charge is 0.309 e. The Morgan fingerprint density at radius 3 is 1.69 bits per heavy atom. The minimum absolute atomic E-state index is 0.570. The standard InChI is InChI=1S/C50H32N2/c1-3-16-35(17-4-1)50(36-18-5-2-6-19-36)44-32-34(28-29-42(44)47-40-23-7-8-24-41(40)49-43(48(47)50)25-14-30-51-49)33-15-13-20-37(31-33)52-45-26-11-9-21-38(45)39-22-10-12-27-46(39)52/h1-32H. The SMILES string of the molecule is c1ccc(C2(c3ccccc3)c3cc(-c4cccc(-n5c6ccccc6c6ccccc65)c4)ccc3-c3c2c2cccnc2c2ccccc32)cc1. The molecule has 0 radical (unpaired) electrons.